The van der Waals surface area contributed by atoms with Crippen LogP contribution in [0.2, 0.25) is 0 Å². The van der Waals surface area contributed by atoms with Crippen molar-refractivity contribution in [2.45, 2.75) is 39.3 Å². The van der Waals surface area contributed by atoms with Gasteiger partial charge >= 0.3 is 0 Å². The topological polar surface area (TPSA) is 15.3 Å². The van der Waals surface area contributed by atoms with Crippen molar-refractivity contribution < 1.29 is 0 Å². The van der Waals surface area contributed by atoms with Crippen LogP contribution in [-0.2, 0) is 0 Å². The van der Waals surface area contributed by atoms with E-state index >= 15 is 0 Å². The SMILES string of the molecule is C=CC(NC)C(C)(C)N(CC)CC. The summed E-state index contributed by atoms with van der Waals surface area (Å²) in [6.07, 6.45) is 1.98. The van der Waals surface area contributed by atoms with Crippen LogP contribution < -0.4 is 5.32 Å². The molecule has 0 aliphatic heterocycles. The Labute approximate surface area is 83.0 Å². The second kappa shape index (κ2) is 5.40. The third-order valence-corrected chi connectivity index (χ3v) is 2.89. The first-order valence-electron chi connectivity index (χ1n) is 5.09. The third kappa shape index (κ3) is 2.82. The van der Waals surface area contributed by atoms with Gasteiger partial charge in [-0.15, -0.1) is 6.58 Å². The number of hydrogen-bond acceptors (Lipinski definition) is 2. The van der Waals surface area contributed by atoms with Gasteiger partial charge in [0.1, 0.15) is 0 Å². The van der Waals surface area contributed by atoms with Gasteiger partial charge in [0.2, 0.25) is 0 Å². The highest BCUT2D eigenvalue weighted by Crippen LogP contribution is 2.18. The molecule has 13 heavy (non-hydrogen) atoms. The molecule has 0 aromatic carbocycles. The van der Waals surface area contributed by atoms with Gasteiger partial charge in [-0.2, -0.15) is 0 Å². The maximum atomic E-state index is 3.86. The Balaban J connectivity index is 4.57. The zero-order valence-corrected chi connectivity index (χ0v) is 9.72. The highest BCUT2D eigenvalue weighted by molar-refractivity contribution is 5.01. The lowest BCUT2D eigenvalue weighted by atomic mass is 9.92. The summed E-state index contributed by atoms with van der Waals surface area (Å²) in [5, 5.41) is 3.28. The predicted octanol–water partition coefficient (Wildman–Crippen LogP) is 1.88. The molecule has 2 heteroatoms. The maximum absolute atomic E-state index is 3.86. The van der Waals surface area contributed by atoms with Gasteiger partial charge in [-0.25, -0.2) is 0 Å². The Hall–Kier alpha value is -0.340. The van der Waals surface area contributed by atoms with Crippen LogP contribution in [0.3, 0.4) is 0 Å². The van der Waals surface area contributed by atoms with Crippen molar-refractivity contribution in [3.63, 3.8) is 0 Å². The molecule has 0 aliphatic rings. The second-order valence-electron chi connectivity index (χ2n) is 3.83. The number of hydrogen-bond donors (Lipinski definition) is 1. The lowest BCUT2D eigenvalue weighted by molar-refractivity contribution is 0.111. The summed E-state index contributed by atoms with van der Waals surface area (Å²) in [6, 6.07) is 0.340. The summed E-state index contributed by atoms with van der Waals surface area (Å²) in [5.74, 6) is 0. The van der Waals surface area contributed by atoms with E-state index in [1.165, 1.54) is 0 Å². The van der Waals surface area contributed by atoms with E-state index in [0.29, 0.717) is 6.04 Å². The fourth-order valence-electron chi connectivity index (χ4n) is 1.99. The van der Waals surface area contributed by atoms with Gasteiger partial charge in [-0.05, 0) is 34.0 Å². The Morgan fingerprint density at radius 3 is 2.08 bits per heavy atom. The first-order valence-corrected chi connectivity index (χ1v) is 5.09. The van der Waals surface area contributed by atoms with Gasteiger partial charge in [0.15, 0.2) is 0 Å². The molecule has 78 valence electrons. The van der Waals surface area contributed by atoms with Crippen LogP contribution in [0.1, 0.15) is 27.7 Å². The van der Waals surface area contributed by atoms with Gasteiger partial charge < -0.3 is 5.32 Å². The van der Waals surface area contributed by atoms with Crippen LogP contribution in [0.15, 0.2) is 12.7 Å². The fraction of sp³-hybridized carbons (Fsp3) is 0.818. The normalized spacial score (nSPS) is 14.6. The van der Waals surface area contributed by atoms with Crippen molar-refractivity contribution in [3.05, 3.63) is 12.7 Å². The van der Waals surface area contributed by atoms with Gasteiger partial charge in [-0.1, -0.05) is 19.9 Å². The molecule has 1 atom stereocenters. The van der Waals surface area contributed by atoms with E-state index in [1.54, 1.807) is 0 Å². The fourth-order valence-corrected chi connectivity index (χ4v) is 1.99. The van der Waals surface area contributed by atoms with Crippen LogP contribution in [0.5, 0.6) is 0 Å². The van der Waals surface area contributed by atoms with Crippen molar-refractivity contribution in [2.24, 2.45) is 0 Å². The van der Waals surface area contributed by atoms with Crippen molar-refractivity contribution in [2.75, 3.05) is 20.1 Å². The van der Waals surface area contributed by atoms with Gasteiger partial charge in [0.25, 0.3) is 0 Å². The van der Waals surface area contributed by atoms with Gasteiger partial charge in [-0.3, -0.25) is 4.90 Å². The maximum Gasteiger partial charge on any atom is 0.0426 e. The van der Waals surface area contributed by atoms with E-state index in [-0.39, 0.29) is 5.54 Å². The van der Waals surface area contributed by atoms with E-state index in [2.05, 4.69) is 44.5 Å². The molecule has 0 heterocycles. The molecule has 1 unspecified atom stereocenters. The molecule has 0 bridgehead atoms. The van der Waals surface area contributed by atoms with Crippen LogP contribution >= 0.6 is 0 Å². The summed E-state index contributed by atoms with van der Waals surface area (Å²) < 4.78 is 0. The van der Waals surface area contributed by atoms with E-state index in [4.69, 9.17) is 0 Å². The molecule has 0 fully saturated rings. The molecule has 0 saturated carbocycles. The van der Waals surface area contributed by atoms with Crippen molar-refractivity contribution >= 4 is 0 Å². The molecule has 0 spiro atoms. The van der Waals surface area contributed by atoms with Crippen molar-refractivity contribution in [3.8, 4) is 0 Å². The van der Waals surface area contributed by atoms with E-state index in [1.807, 2.05) is 13.1 Å². The average Bonchev–Trinajstić information content (AvgIpc) is 2.07. The summed E-state index contributed by atoms with van der Waals surface area (Å²) in [5.41, 5.74) is 0.139. The second-order valence-corrected chi connectivity index (χ2v) is 3.83. The molecule has 0 aromatic heterocycles. The van der Waals surface area contributed by atoms with Crippen LogP contribution in [-0.4, -0.2) is 36.6 Å². The number of likely N-dealkylation sites (N-methyl/N-ethyl adjacent to an activating group) is 2. The first kappa shape index (κ1) is 12.7. The highest BCUT2D eigenvalue weighted by Gasteiger charge is 2.30. The minimum atomic E-state index is 0.139. The molecule has 0 aromatic rings. The Kier molecular flexibility index (Phi) is 5.26. The Bertz CT molecular complexity index is 148. The zero-order valence-electron chi connectivity index (χ0n) is 9.72. The third-order valence-electron chi connectivity index (χ3n) is 2.89. The van der Waals surface area contributed by atoms with Gasteiger partial charge in [0, 0.05) is 11.6 Å². The summed E-state index contributed by atoms with van der Waals surface area (Å²) in [4.78, 5) is 2.44. The quantitative estimate of drug-likeness (QED) is 0.634. The van der Waals surface area contributed by atoms with Crippen molar-refractivity contribution in [1.29, 1.82) is 0 Å². The zero-order chi connectivity index (χ0) is 10.5. The summed E-state index contributed by atoms with van der Waals surface area (Å²) >= 11 is 0. The molecule has 0 rings (SSSR count). The molecule has 0 radical (unpaired) electrons. The molecular formula is C11H24N2. The number of nitrogens with one attached hydrogen (secondary N) is 1. The highest BCUT2D eigenvalue weighted by atomic mass is 15.2. The molecule has 0 aliphatic carbocycles. The lowest BCUT2D eigenvalue weighted by Gasteiger charge is -2.42. The minimum absolute atomic E-state index is 0.139. The van der Waals surface area contributed by atoms with Crippen LogP contribution in [0.4, 0.5) is 0 Å². The monoisotopic (exact) mass is 184 g/mol. The van der Waals surface area contributed by atoms with Crippen molar-refractivity contribution in [1.82, 2.24) is 10.2 Å². The Morgan fingerprint density at radius 1 is 1.38 bits per heavy atom. The van der Waals surface area contributed by atoms with E-state index in [9.17, 15) is 0 Å². The smallest absolute Gasteiger partial charge is 0.0426 e. The summed E-state index contributed by atoms with van der Waals surface area (Å²) in [6.45, 7) is 14.9. The van der Waals surface area contributed by atoms with Gasteiger partial charge in [0.05, 0.1) is 0 Å². The minimum Gasteiger partial charge on any atom is -0.312 e. The average molecular weight is 184 g/mol. The summed E-state index contributed by atoms with van der Waals surface area (Å²) in [7, 11) is 1.98. The Morgan fingerprint density at radius 2 is 1.85 bits per heavy atom. The largest absolute Gasteiger partial charge is 0.312 e. The first-order chi connectivity index (χ1) is 6.04. The van der Waals surface area contributed by atoms with Crippen LogP contribution in [0.25, 0.3) is 0 Å². The number of rotatable bonds is 6. The molecule has 1 N–H and O–H groups in total. The molecule has 0 saturated heterocycles. The van der Waals surface area contributed by atoms with E-state index in [0.717, 1.165) is 13.1 Å². The molecule has 2 nitrogen and oxygen atoms in total. The van der Waals surface area contributed by atoms with E-state index < -0.39 is 0 Å². The number of nitrogens with zero attached hydrogens (tertiary/aromatic N) is 1. The predicted molar refractivity (Wildman–Crippen MR) is 60.0 cm³/mol. The standard InChI is InChI=1S/C11H24N2/c1-7-10(12-6)11(4,5)13(8-2)9-3/h7,10,12H,1,8-9H2,2-6H3. The molecular weight excluding hydrogens is 160 g/mol. The lowest BCUT2D eigenvalue weighted by Crippen LogP contribution is -2.56. The van der Waals surface area contributed by atoms with Crippen LogP contribution in [0, 0.1) is 0 Å². The molecule has 0 amide bonds.